The lowest BCUT2D eigenvalue weighted by Gasteiger charge is -2.11. The quantitative estimate of drug-likeness (QED) is 0.601. The first kappa shape index (κ1) is 19.9. The van der Waals surface area contributed by atoms with E-state index in [0.717, 1.165) is 5.56 Å². The molecule has 29 heavy (non-hydrogen) atoms. The number of amides is 1. The second-order valence-electron chi connectivity index (χ2n) is 6.06. The third-order valence-corrected chi connectivity index (χ3v) is 3.98. The number of anilines is 1. The van der Waals surface area contributed by atoms with Gasteiger partial charge < -0.3 is 19.9 Å². The van der Waals surface area contributed by atoms with Crippen LogP contribution in [-0.4, -0.2) is 28.6 Å². The van der Waals surface area contributed by atoms with Crippen molar-refractivity contribution in [2.75, 3.05) is 11.9 Å². The van der Waals surface area contributed by atoms with E-state index in [2.05, 4.69) is 10.3 Å². The fourth-order valence-corrected chi connectivity index (χ4v) is 2.58. The van der Waals surface area contributed by atoms with E-state index in [1.165, 1.54) is 12.3 Å². The van der Waals surface area contributed by atoms with Crippen LogP contribution in [-0.2, 0) is 6.61 Å². The Balaban J connectivity index is 1.76. The van der Waals surface area contributed by atoms with Gasteiger partial charge in [-0.05, 0) is 42.8 Å². The van der Waals surface area contributed by atoms with Gasteiger partial charge in [0.15, 0.2) is 11.4 Å². The lowest BCUT2D eigenvalue weighted by Crippen LogP contribution is -2.14. The van der Waals surface area contributed by atoms with Gasteiger partial charge in [0.1, 0.15) is 12.4 Å². The molecule has 2 N–H and O–H groups in total. The molecule has 7 heteroatoms. The summed E-state index contributed by atoms with van der Waals surface area (Å²) < 4.78 is 11.0. The Morgan fingerprint density at radius 3 is 2.41 bits per heavy atom. The molecular weight excluding hydrogens is 372 g/mol. The Hall–Kier alpha value is -3.87. The topological polar surface area (TPSA) is 97.8 Å². The van der Waals surface area contributed by atoms with Gasteiger partial charge in [-0.2, -0.15) is 0 Å². The van der Waals surface area contributed by atoms with Crippen LogP contribution in [0.25, 0.3) is 0 Å². The first-order valence-corrected chi connectivity index (χ1v) is 9.01. The number of hydrogen-bond acceptors (Lipinski definition) is 5. The molecule has 3 rings (SSSR count). The lowest BCUT2D eigenvalue weighted by atomic mass is 10.2. The van der Waals surface area contributed by atoms with Crippen molar-refractivity contribution >= 4 is 17.6 Å². The number of aromatic nitrogens is 1. The van der Waals surface area contributed by atoms with Crippen LogP contribution in [0.15, 0.2) is 66.9 Å². The minimum atomic E-state index is -1.23. The fraction of sp³-hybridized carbons (Fsp3) is 0.136. The first-order valence-electron chi connectivity index (χ1n) is 9.01. The minimum absolute atomic E-state index is 0.0284. The van der Waals surface area contributed by atoms with Crippen molar-refractivity contribution in [3.8, 4) is 11.5 Å². The molecule has 0 saturated carbocycles. The zero-order valence-corrected chi connectivity index (χ0v) is 15.8. The first-order chi connectivity index (χ1) is 14.1. The maximum atomic E-state index is 12.5. The van der Waals surface area contributed by atoms with Crippen LogP contribution in [0.4, 0.5) is 5.69 Å². The fourth-order valence-electron chi connectivity index (χ4n) is 2.58. The molecule has 0 radical (unpaired) electrons. The summed E-state index contributed by atoms with van der Waals surface area (Å²) in [7, 11) is 0. The van der Waals surface area contributed by atoms with Crippen molar-refractivity contribution in [3.63, 3.8) is 0 Å². The highest BCUT2D eigenvalue weighted by atomic mass is 16.5. The summed E-state index contributed by atoms with van der Waals surface area (Å²) in [6.45, 7) is 2.60. The zero-order chi connectivity index (χ0) is 20.6. The average molecular weight is 392 g/mol. The zero-order valence-electron chi connectivity index (χ0n) is 15.8. The van der Waals surface area contributed by atoms with Crippen LogP contribution in [0, 0.1) is 0 Å². The number of nitrogens with one attached hydrogen (secondary N) is 1. The molecule has 0 bridgehead atoms. The highest BCUT2D eigenvalue weighted by Gasteiger charge is 2.17. The number of carbonyl (C=O) groups excluding carboxylic acids is 1. The normalized spacial score (nSPS) is 10.2. The van der Waals surface area contributed by atoms with Crippen molar-refractivity contribution < 1.29 is 24.2 Å². The molecule has 1 heterocycles. The number of carboxylic acids is 1. The number of hydrogen-bond donors (Lipinski definition) is 2. The van der Waals surface area contributed by atoms with Crippen LogP contribution < -0.4 is 14.8 Å². The number of ether oxygens (including phenoxy) is 2. The van der Waals surface area contributed by atoms with Gasteiger partial charge in [-0.15, -0.1) is 0 Å². The Kier molecular flexibility index (Phi) is 6.42. The monoisotopic (exact) mass is 392 g/mol. The predicted octanol–water partition coefficient (Wildman–Crippen LogP) is 4.01. The summed E-state index contributed by atoms with van der Waals surface area (Å²) in [4.78, 5) is 27.9. The van der Waals surface area contributed by atoms with Gasteiger partial charge in [0.05, 0.1) is 12.2 Å². The number of pyridine rings is 1. The number of carbonyl (C=O) groups is 2. The minimum Gasteiger partial charge on any atom is -0.494 e. The molecular formula is C22H20N2O5. The Morgan fingerprint density at radius 2 is 1.76 bits per heavy atom. The van der Waals surface area contributed by atoms with Crippen molar-refractivity contribution in [2.24, 2.45) is 0 Å². The number of rotatable bonds is 8. The average Bonchev–Trinajstić information content (AvgIpc) is 2.74. The largest absolute Gasteiger partial charge is 0.494 e. The number of aromatic carboxylic acids is 1. The van der Waals surface area contributed by atoms with Crippen molar-refractivity contribution in [1.82, 2.24) is 4.98 Å². The van der Waals surface area contributed by atoms with Crippen LogP contribution in [0.5, 0.6) is 11.5 Å². The van der Waals surface area contributed by atoms with Crippen molar-refractivity contribution in [1.29, 1.82) is 0 Å². The molecule has 0 atom stereocenters. The van der Waals surface area contributed by atoms with E-state index in [9.17, 15) is 14.7 Å². The molecule has 2 aromatic carbocycles. The molecule has 7 nitrogen and oxygen atoms in total. The highest BCUT2D eigenvalue weighted by molar-refractivity contribution is 6.04. The molecule has 3 aromatic rings. The standard InChI is InChI=1S/C22H20N2O5/c1-2-28-18-10-8-17(9-11-18)24-21(25)16-12-19(20(22(26)27)23-13-16)29-14-15-6-4-3-5-7-15/h3-13H,2,14H2,1H3,(H,24,25)(H,26,27). The van der Waals surface area contributed by atoms with Crippen LogP contribution in [0.2, 0.25) is 0 Å². The summed E-state index contributed by atoms with van der Waals surface area (Å²) >= 11 is 0. The number of carboxylic acid groups (broad SMARTS) is 1. The molecule has 0 aliphatic heterocycles. The summed E-state index contributed by atoms with van der Waals surface area (Å²) in [5.41, 5.74) is 1.38. The van der Waals surface area contributed by atoms with E-state index in [1.807, 2.05) is 37.3 Å². The van der Waals surface area contributed by atoms with Crippen LogP contribution in [0.1, 0.15) is 33.3 Å². The molecule has 1 aromatic heterocycles. The molecule has 0 fully saturated rings. The second kappa shape index (κ2) is 9.36. The van der Waals surface area contributed by atoms with Crippen LogP contribution >= 0.6 is 0 Å². The van der Waals surface area contributed by atoms with Crippen LogP contribution in [0.3, 0.4) is 0 Å². The van der Waals surface area contributed by atoms with Gasteiger partial charge in [0.2, 0.25) is 0 Å². The highest BCUT2D eigenvalue weighted by Crippen LogP contribution is 2.21. The Labute approximate surface area is 167 Å². The van der Waals surface area contributed by atoms with Gasteiger partial charge >= 0.3 is 5.97 Å². The number of benzene rings is 2. The maximum Gasteiger partial charge on any atom is 0.358 e. The van der Waals surface area contributed by atoms with Crippen molar-refractivity contribution in [3.05, 3.63) is 83.7 Å². The van der Waals surface area contributed by atoms with E-state index in [-0.39, 0.29) is 23.6 Å². The van der Waals surface area contributed by atoms with E-state index in [1.54, 1.807) is 24.3 Å². The third kappa shape index (κ3) is 5.32. The summed E-state index contributed by atoms with van der Waals surface area (Å²) in [5.74, 6) is -0.926. The molecule has 0 saturated heterocycles. The van der Waals surface area contributed by atoms with Gasteiger partial charge in [-0.3, -0.25) is 4.79 Å². The van der Waals surface area contributed by atoms with Gasteiger partial charge in [0.25, 0.3) is 5.91 Å². The lowest BCUT2D eigenvalue weighted by molar-refractivity contribution is 0.0684. The van der Waals surface area contributed by atoms with E-state index < -0.39 is 11.9 Å². The predicted molar refractivity (Wildman–Crippen MR) is 108 cm³/mol. The third-order valence-electron chi connectivity index (χ3n) is 3.98. The van der Waals surface area contributed by atoms with Gasteiger partial charge in [0, 0.05) is 11.9 Å². The molecule has 0 unspecified atom stereocenters. The molecule has 0 spiro atoms. The van der Waals surface area contributed by atoms with E-state index in [4.69, 9.17) is 9.47 Å². The second-order valence-corrected chi connectivity index (χ2v) is 6.06. The van der Waals surface area contributed by atoms with Gasteiger partial charge in [-0.25, -0.2) is 9.78 Å². The SMILES string of the molecule is CCOc1ccc(NC(=O)c2cnc(C(=O)O)c(OCc3ccccc3)c2)cc1. The van der Waals surface area contributed by atoms with E-state index >= 15 is 0 Å². The Bertz CT molecular complexity index is 988. The maximum absolute atomic E-state index is 12.5. The summed E-state index contributed by atoms with van der Waals surface area (Å²) in [6, 6.07) is 17.6. The molecule has 148 valence electrons. The smallest absolute Gasteiger partial charge is 0.358 e. The molecule has 0 aliphatic rings. The van der Waals surface area contributed by atoms with Crippen molar-refractivity contribution in [2.45, 2.75) is 13.5 Å². The Morgan fingerprint density at radius 1 is 1.03 bits per heavy atom. The summed E-state index contributed by atoms with van der Waals surface area (Å²) in [6.07, 6.45) is 1.21. The summed E-state index contributed by atoms with van der Waals surface area (Å²) in [5, 5.41) is 12.1. The number of nitrogens with zero attached hydrogens (tertiary/aromatic N) is 1. The molecule has 0 aliphatic carbocycles. The van der Waals surface area contributed by atoms with E-state index in [0.29, 0.717) is 18.0 Å². The van der Waals surface area contributed by atoms with Gasteiger partial charge in [-0.1, -0.05) is 30.3 Å². The molecule has 1 amide bonds.